The Morgan fingerprint density at radius 2 is 2.16 bits per heavy atom. The molecule has 1 heterocycles. The van der Waals surface area contributed by atoms with E-state index in [1.807, 2.05) is 13.8 Å². The minimum absolute atomic E-state index is 0.189. The lowest BCUT2D eigenvalue weighted by atomic mass is 9.92. The van der Waals surface area contributed by atoms with Crippen molar-refractivity contribution in [1.82, 2.24) is 15.5 Å². The summed E-state index contributed by atoms with van der Waals surface area (Å²) in [7, 11) is 0. The van der Waals surface area contributed by atoms with Crippen LogP contribution < -0.4 is 11.1 Å². The van der Waals surface area contributed by atoms with Gasteiger partial charge in [0, 0.05) is 0 Å². The fourth-order valence-corrected chi connectivity index (χ4v) is 2.49. The van der Waals surface area contributed by atoms with Crippen LogP contribution in [0, 0.1) is 0 Å². The monoisotopic (exact) mass is 266 g/mol. The largest absolute Gasteiger partial charge is 0.395 e. The average molecular weight is 266 g/mol. The zero-order chi connectivity index (χ0) is 14.0. The van der Waals surface area contributed by atoms with Crippen LogP contribution >= 0.6 is 0 Å². The Morgan fingerprint density at radius 1 is 1.47 bits per heavy atom. The summed E-state index contributed by atoms with van der Waals surface area (Å²) in [5.41, 5.74) is 7.32. The Bertz CT molecular complexity index is 455. The predicted octanol–water partition coefficient (Wildman–Crippen LogP) is 1.15. The van der Waals surface area contributed by atoms with Crippen LogP contribution in [0.4, 0.5) is 5.69 Å². The van der Waals surface area contributed by atoms with Crippen LogP contribution in [0.3, 0.4) is 0 Å². The van der Waals surface area contributed by atoms with Gasteiger partial charge in [0.05, 0.1) is 23.5 Å². The van der Waals surface area contributed by atoms with Crippen molar-refractivity contribution in [2.75, 3.05) is 5.73 Å². The molecule has 0 bridgehead atoms. The van der Waals surface area contributed by atoms with E-state index in [0.29, 0.717) is 5.69 Å². The van der Waals surface area contributed by atoms with E-state index in [0.717, 1.165) is 31.4 Å². The molecule has 2 atom stereocenters. The summed E-state index contributed by atoms with van der Waals surface area (Å²) in [5, 5.41) is 19.5. The van der Waals surface area contributed by atoms with E-state index in [1.165, 1.54) is 0 Å². The van der Waals surface area contributed by atoms with E-state index >= 15 is 0 Å². The molecule has 19 heavy (non-hydrogen) atoms. The molecule has 1 aromatic rings. The SMILES string of the molecule is CC(C)c1[nH]nc(C(=O)N[C@@H]2CCCC[C@H]2O)c1N. The molecule has 0 saturated heterocycles. The highest BCUT2D eigenvalue weighted by Gasteiger charge is 2.27. The number of hydrogen-bond donors (Lipinski definition) is 4. The molecule has 0 spiro atoms. The number of hydrogen-bond acceptors (Lipinski definition) is 4. The molecule has 0 unspecified atom stereocenters. The highest BCUT2D eigenvalue weighted by Crippen LogP contribution is 2.23. The van der Waals surface area contributed by atoms with Gasteiger partial charge in [-0.2, -0.15) is 5.10 Å². The lowest BCUT2D eigenvalue weighted by Gasteiger charge is -2.28. The Hall–Kier alpha value is -1.56. The van der Waals surface area contributed by atoms with Gasteiger partial charge in [-0.3, -0.25) is 9.89 Å². The highest BCUT2D eigenvalue weighted by molar-refractivity contribution is 5.97. The second-order valence-corrected chi connectivity index (χ2v) is 5.49. The molecule has 2 rings (SSSR count). The Balaban J connectivity index is 2.07. The number of H-pyrrole nitrogens is 1. The van der Waals surface area contributed by atoms with Gasteiger partial charge in [-0.05, 0) is 18.8 Å². The summed E-state index contributed by atoms with van der Waals surface area (Å²) in [6, 6.07) is -0.195. The van der Waals surface area contributed by atoms with E-state index in [-0.39, 0.29) is 23.6 Å². The van der Waals surface area contributed by atoms with Crippen LogP contribution in [-0.2, 0) is 0 Å². The number of nitrogen functional groups attached to an aromatic ring is 1. The Morgan fingerprint density at radius 3 is 2.74 bits per heavy atom. The lowest BCUT2D eigenvalue weighted by Crippen LogP contribution is -2.45. The van der Waals surface area contributed by atoms with E-state index in [4.69, 9.17) is 5.73 Å². The molecule has 1 aliphatic rings. The van der Waals surface area contributed by atoms with Gasteiger partial charge >= 0.3 is 0 Å². The second-order valence-electron chi connectivity index (χ2n) is 5.49. The summed E-state index contributed by atoms with van der Waals surface area (Å²) in [6.45, 7) is 3.97. The number of amides is 1. The van der Waals surface area contributed by atoms with E-state index in [2.05, 4.69) is 15.5 Å². The summed E-state index contributed by atoms with van der Waals surface area (Å²) >= 11 is 0. The van der Waals surface area contributed by atoms with Gasteiger partial charge in [0.2, 0.25) is 0 Å². The third kappa shape index (κ3) is 2.89. The molecule has 1 aromatic heterocycles. The number of aliphatic hydroxyl groups is 1. The fourth-order valence-electron chi connectivity index (χ4n) is 2.49. The number of aromatic nitrogens is 2. The maximum atomic E-state index is 12.1. The summed E-state index contributed by atoms with van der Waals surface area (Å²) in [5.74, 6) is -0.124. The standard InChI is InChI=1S/C13H22N4O2/c1-7(2)11-10(14)12(17-16-11)13(19)15-8-5-3-4-6-9(8)18/h7-9,18H,3-6,14H2,1-2H3,(H,15,19)(H,16,17)/t8-,9-/m1/s1. The zero-order valence-corrected chi connectivity index (χ0v) is 11.4. The molecule has 0 aliphatic heterocycles. The van der Waals surface area contributed by atoms with Crippen molar-refractivity contribution in [2.24, 2.45) is 0 Å². The second kappa shape index (κ2) is 5.61. The molecule has 106 valence electrons. The summed E-state index contributed by atoms with van der Waals surface area (Å²) in [6.07, 6.45) is 3.10. The summed E-state index contributed by atoms with van der Waals surface area (Å²) in [4.78, 5) is 12.1. The molecule has 0 radical (unpaired) electrons. The minimum atomic E-state index is -0.470. The number of carbonyl (C=O) groups is 1. The average Bonchev–Trinajstić information content (AvgIpc) is 2.74. The van der Waals surface area contributed by atoms with Gasteiger partial charge in [-0.1, -0.05) is 26.7 Å². The maximum absolute atomic E-state index is 12.1. The first kappa shape index (κ1) is 13.9. The number of anilines is 1. The molecule has 1 aliphatic carbocycles. The number of aliphatic hydroxyl groups excluding tert-OH is 1. The van der Waals surface area contributed by atoms with Crippen molar-refractivity contribution < 1.29 is 9.90 Å². The van der Waals surface area contributed by atoms with Crippen LogP contribution in [0.5, 0.6) is 0 Å². The fraction of sp³-hybridized carbons (Fsp3) is 0.692. The lowest BCUT2D eigenvalue weighted by molar-refractivity contribution is 0.0714. The normalized spacial score (nSPS) is 23.6. The van der Waals surface area contributed by atoms with E-state index < -0.39 is 6.10 Å². The van der Waals surface area contributed by atoms with Gasteiger partial charge in [-0.15, -0.1) is 0 Å². The maximum Gasteiger partial charge on any atom is 0.274 e. The van der Waals surface area contributed by atoms with Crippen molar-refractivity contribution in [3.8, 4) is 0 Å². The molecular weight excluding hydrogens is 244 g/mol. The van der Waals surface area contributed by atoms with Crippen molar-refractivity contribution >= 4 is 11.6 Å². The van der Waals surface area contributed by atoms with Crippen molar-refractivity contribution in [3.05, 3.63) is 11.4 Å². The third-order valence-electron chi connectivity index (χ3n) is 3.67. The molecular formula is C13H22N4O2. The Kier molecular flexibility index (Phi) is 4.09. The van der Waals surface area contributed by atoms with Crippen LogP contribution in [0.2, 0.25) is 0 Å². The van der Waals surface area contributed by atoms with Crippen molar-refractivity contribution in [3.63, 3.8) is 0 Å². The smallest absolute Gasteiger partial charge is 0.274 e. The van der Waals surface area contributed by atoms with E-state index in [9.17, 15) is 9.90 Å². The molecule has 1 fully saturated rings. The topological polar surface area (TPSA) is 104 Å². The van der Waals surface area contributed by atoms with Crippen molar-refractivity contribution in [2.45, 2.75) is 57.6 Å². The van der Waals surface area contributed by atoms with E-state index in [1.54, 1.807) is 0 Å². The van der Waals surface area contributed by atoms with Gasteiger partial charge in [-0.25, -0.2) is 0 Å². The third-order valence-corrected chi connectivity index (χ3v) is 3.67. The molecule has 0 aromatic carbocycles. The predicted molar refractivity (Wildman–Crippen MR) is 72.8 cm³/mol. The molecule has 1 saturated carbocycles. The Labute approximate surface area is 112 Å². The van der Waals surface area contributed by atoms with Gasteiger partial charge in [0.15, 0.2) is 5.69 Å². The van der Waals surface area contributed by atoms with Crippen molar-refractivity contribution in [1.29, 1.82) is 0 Å². The quantitative estimate of drug-likeness (QED) is 0.658. The van der Waals surface area contributed by atoms with Crippen LogP contribution in [-0.4, -0.2) is 33.4 Å². The van der Waals surface area contributed by atoms with Gasteiger partial charge in [0.25, 0.3) is 5.91 Å². The number of carbonyl (C=O) groups excluding carboxylic acids is 1. The first-order valence-corrected chi connectivity index (χ1v) is 6.83. The zero-order valence-electron chi connectivity index (χ0n) is 11.4. The number of nitrogens with zero attached hydrogens (tertiary/aromatic N) is 1. The van der Waals surface area contributed by atoms with Crippen LogP contribution in [0.25, 0.3) is 0 Å². The van der Waals surface area contributed by atoms with Crippen LogP contribution in [0.15, 0.2) is 0 Å². The number of rotatable bonds is 3. The number of aromatic amines is 1. The number of nitrogens with two attached hydrogens (primary N) is 1. The molecule has 6 nitrogen and oxygen atoms in total. The first-order chi connectivity index (χ1) is 9.00. The number of nitrogens with one attached hydrogen (secondary N) is 2. The molecule has 1 amide bonds. The minimum Gasteiger partial charge on any atom is -0.395 e. The van der Waals surface area contributed by atoms with Gasteiger partial charge < -0.3 is 16.2 Å². The summed E-state index contributed by atoms with van der Waals surface area (Å²) < 4.78 is 0. The molecule has 6 heteroatoms. The van der Waals surface area contributed by atoms with Crippen LogP contribution in [0.1, 0.15) is 61.6 Å². The highest BCUT2D eigenvalue weighted by atomic mass is 16.3. The molecule has 5 N–H and O–H groups in total. The van der Waals surface area contributed by atoms with Gasteiger partial charge in [0.1, 0.15) is 0 Å². The first-order valence-electron chi connectivity index (χ1n) is 6.83.